The third-order valence-electron chi connectivity index (χ3n) is 0. The van der Waals surface area contributed by atoms with Crippen LogP contribution in [0.25, 0.3) is 0 Å². The van der Waals surface area contributed by atoms with E-state index in [2.05, 4.69) is 0 Å². The molecule has 0 saturated carbocycles. The second kappa shape index (κ2) is 120. The molecular weight excluding hydrogens is 448 g/mol. The molecule has 0 aromatic rings. The van der Waals surface area contributed by atoms with Crippen molar-refractivity contribution in [2.24, 2.45) is 0 Å². The van der Waals surface area contributed by atoms with Crippen molar-refractivity contribution in [2.75, 3.05) is 0 Å². The first-order valence-corrected chi connectivity index (χ1v) is 0. The van der Waals surface area contributed by atoms with Crippen LogP contribution in [-0.2, 0) is 125 Å². The van der Waals surface area contributed by atoms with Crippen LogP contribution in [0.2, 0.25) is 0 Å². The van der Waals surface area contributed by atoms with Gasteiger partial charge in [0.25, 0.3) is 0 Å². The molecular formula is Nb2O5Zr2. The van der Waals surface area contributed by atoms with Crippen LogP contribution in [-0.4, -0.2) is 0 Å². The molecule has 0 spiro atoms. The molecule has 48 valence electrons. The molecule has 9 heavy (non-hydrogen) atoms. The van der Waals surface area contributed by atoms with Crippen molar-refractivity contribution in [3.63, 3.8) is 0 Å². The standard InChI is InChI=1S/2Nb.5O.2Zr/q2*+5;5*-2;;. The van der Waals surface area contributed by atoms with E-state index in [1.807, 2.05) is 0 Å². The average Bonchev–Trinajstić information content (AvgIpc) is 0. The predicted octanol–water partition coefficient (Wildman–Crippen LogP) is -0.604. The Kier molecular flexibility index (Phi) is 2110. The zero-order chi connectivity index (χ0) is 0. The Morgan fingerprint density at radius 1 is 0.333 bits per heavy atom. The van der Waals surface area contributed by atoms with Crippen molar-refractivity contribution in [3.05, 3.63) is 0 Å². The van der Waals surface area contributed by atoms with E-state index < -0.39 is 0 Å². The monoisotopic (exact) mass is 446 g/mol. The maximum absolute atomic E-state index is 0. The molecule has 0 aliphatic heterocycles. The van der Waals surface area contributed by atoms with Crippen molar-refractivity contribution in [1.82, 2.24) is 0 Å². The summed E-state index contributed by atoms with van der Waals surface area (Å²) in [5.74, 6) is 0. The van der Waals surface area contributed by atoms with E-state index in [1.54, 1.807) is 0 Å². The molecule has 0 aliphatic rings. The van der Waals surface area contributed by atoms with E-state index in [-0.39, 0.29) is 125 Å². The Balaban J connectivity index is 0. The summed E-state index contributed by atoms with van der Waals surface area (Å²) in [6.07, 6.45) is 0. The quantitative estimate of drug-likeness (QED) is 0.436. The van der Waals surface area contributed by atoms with Crippen molar-refractivity contribution < 1.29 is 125 Å². The van der Waals surface area contributed by atoms with Gasteiger partial charge in [-0.1, -0.05) is 0 Å². The average molecular weight is 448 g/mol. The van der Waals surface area contributed by atoms with Crippen LogP contribution in [0.1, 0.15) is 0 Å². The molecule has 0 radical (unpaired) electrons. The van der Waals surface area contributed by atoms with E-state index in [1.165, 1.54) is 0 Å². The van der Waals surface area contributed by atoms with Gasteiger partial charge in [-0.05, 0) is 0 Å². The van der Waals surface area contributed by atoms with E-state index in [4.69, 9.17) is 0 Å². The van der Waals surface area contributed by atoms with Gasteiger partial charge in [0, 0.05) is 52.4 Å². The topological polar surface area (TPSA) is 142 Å². The minimum absolute atomic E-state index is 0. The normalized spacial score (nSPS) is 0. The van der Waals surface area contributed by atoms with Crippen molar-refractivity contribution in [2.45, 2.75) is 0 Å². The summed E-state index contributed by atoms with van der Waals surface area (Å²) in [6, 6.07) is 0. The molecule has 0 rings (SSSR count). The summed E-state index contributed by atoms with van der Waals surface area (Å²) in [5, 5.41) is 0. The Labute approximate surface area is 123 Å². The maximum atomic E-state index is 0. The summed E-state index contributed by atoms with van der Waals surface area (Å²) >= 11 is 0. The van der Waals surface area contributed by atoms with Crippen LogP contribution in [0.4, 0.5) is 0 Å². The molecule has 0 aromatic heterocycles. The van der Waals surface area contributed by atoms with Gasteiger partial charge in [-0.3, -0.25) is 0 Å². The van der Waals surface area contributed by atoms with Crippen LogP contribution in [0.3, 0.4) is 0 Å². The molecule has 0 heterocycles. The summed E-state index contributed by atoms with van der Waals surface area (Å²) in [4.78, 5) is 0. The van der Waals surface area contributed by atoms with Gasteiger partial charge in [-0.2, -0.15) is 0 Å². The molecule has 0 bridgehead atoms. The van der Waals surface area contributed by atoms with Crippen LogP contribution < -0.4 is 0 Å². The fraction of sp³-hybridized carbons (Fsp3) is 0. The van der Waals surface area contributed by atoms with E-state index >= 15 is 0 Å². The van der Waals surface area contributed by atoms with Gasteiger partial charge in [0.1, 0.15) is 0 Å². The maximum Gasteiger partial charge on any atom is 5.00 e. The fourth-order valence-corrected chi connectivity index (χ4v) is 0. The molecule has 0 saturated heterocycles. The molecule has 0 N–H and O–H groups in total. The third-order valence-corrected chi connectivity index (χ3v) is 0. The first kappa shape index (κ1) is 158. The minimum Gasteiger partial charge on any atom is -2.00 e. The minimum atomic E-state index is 0. The summed E-state index contributed by atoms with van der Waals surface area (Å²) in [5.41, 5.74) is 0. The van der Waals surface area contributed by atoms with Gasteiger partial charge in [0.2, 0.25) is 0 Å². The van der Waals surface area contributed by atoms with Crippen LogP contribution in [0.5, 0.6) is 0 Å². The SMILES string of the molecule is [Nb+5].[Nb+5].[O-2].[O-2].[O-2].[O-2].[O-2].[Zr].[Zr]. The van der Waals surface area contributed by atoms with E-state index in [0.717, 1.165) is 0 Å². The van der Waals surface area contributed by atoms with Crippen molar-refractivity contribution >= 4 is 0 Å². The first-order chi connectivity index (χ1) is 0. The van der Waals surface area contributed by atoms with Crippen LogP contribution >= 0.6 is 0 Å². The molecule has 0 amide bonds. The number of rotatable bonds is 0. The zero-order valence-electron chi connectivity index (χ0n) is 3.94. The van der Waals surface area contributed by atoms with E-state index in [9.17, 15) is 0 Å². The Morgan fingerprint density at radius 3 is 0.333 bits per heavy atom. The van der Waals surface area contributed by atoms with Gasteiger partial charge in [-0.25, -0.2) is 0 Å². The molecule has 5 nitrogen and oxygen atoms in total. The van der Waals surface area contributed by atoms with Gasteiger partial charge >= 0.3 is 44.8 Å². The zero-order valence-corrected chi connectivity index (χ0v) is 13.2. The van der Waals surface area contributed by atoms with Gasteiger partial charge in [0.05, 0.1) is 0 Å². The van der Waals surface area contributed by atoms with Gasteiger partial charge < -0.3 is 27.4 Å². The molecule has 0 atom stereocenters. The van der Waals surface area contributed by atoms with Crippen molar-refractivity contribution in [3.8, 4) is 0 Å². The van der Waals surface area contributed by atoms with E-state index in [0.29, 0.717) is 0 Å². The second-order valence-corrected chi connectivity index (χ2v) is 0. The number of hydrogen-bond acceptors (Lipinski definition) is 0. The molecule has 0 aromatic carbocycles. The smallest absolute Gasteiger partial charge is 2.00 e. The van der Waals surface area contributed by atoms with Gasteiger partial charge in [-0.15, -0.1) is 0 Å². The second-order valence-electron chi connectivity index (χ2n) is 0. The number of hydrogen-bond donors (Lipinski definition) is 0. The summed E-state index contributed by atoms with van der Waals surface area (Å²) in [7, 11) is 0. The third kappa shape index (κ3) is 97.4. The van der Waals surface area contributed by atoms with Crippen LogP contribution in [0.15, 0.2) is 0 Å². The summed E-state index contributed by atoms with van der Waals surface area (Å²) in [6.45, 7) is 0. The van der Waals surface area contributed by atoms with Crippen LogP contribution in [0, 0.1) is 0 Å². The van der Waals surface area contributed by atoms with Gasteiger partial charge in [0.15, 0.2) is 0 Å². The molecule has 0 fully saturated rings. The molecule has 0 unspecified atom stereocenters. The molecule has 0 aliphatic carbocycles. The first-order valence-electron chi connectivity index (χ1n) is 0. The van der Waals surface area contributed by atoms with Crippen molar-refractivity contribution in [1.29, 1.82) is 0 Å². The Morgan fingerprint density at radius 2 is 0.333 bits per heavy atom. The predicted molar refractivity (Wildman–Crippen MR) is 3.43 cm³/mol. The Bertz CT molecular complexity index is 12.9. The fourth-order valence-electron chi connectivity index (χ4n) is 0. The largest absolute Gasteiger partial charge is 5.00 e. The Hall–Kier alpha value is 3.05. The summed E-state index contributed by atoms with van der Waals surface area (Å²) < 4.78 is 0. The molecule has 9 heteroatoms.